The van der Waals surface area contributed by atoms with Crippen LogP contribution in [0.1, 0.15) is 0 Å². The molecule has 0 aliphatic carbocycles. The SMILES string of the molecule is Nc1ccc2c(c1)[nH]c1nc(OCCOCCNCCF)ccc12. The third kappa shape index (κ3) is 3.93. The number of nitrogens with one attached hydrogen (secondary N) is 2. The highest BCUT2D eigenvalue weighted by molar-refractivity contribution is 6.06. The molecule has 0 spiro atoms. The number of H-pyrrole nitrogens is 1. The van der Waals surface area contributed by atoms with E-state index in [-0.39, 0.29) is 6.67 Å². The van der Waals surface area contributed by atoms with Crippen molar-refractivity contribution in [3.05, 3.63) is 30.3 Å². The number of hydrogen-bond donors (Lipinski definition) is 3. The van der Waals surface area contributed by atoms with Gasteiger partial charge in [0.25, 0.3) is 0 Å². The molecule has 0 aliphatic rings. The molecule has 3 aromatic rings. The van der Waals surface area contributed by atoms with Gasteiger partial charge in [-0.2, -0.15) is 4.98 Å². The highest BCUT2D eigenvalue weighted by Gasteiger charge is 2.07. The fraction of sp³-hybridized carbons (Fsp3) is 0.353. The van der Waals surface area contributed by atoms with Crippen LogP contribution in [0.4, 0.5) is 10.1 Å². The van der Waals surface area contributed by atoms with Gasteiger partial charge in [0, 0.05) is 41.1 Å². The zero-order valence-electron chi connectivity index (χ0n) is 13.3. The van der Waals surface area contributed by atoms with Gasteiger partial charge >= 0.3 is 0 Å². The molecule has 6 nitrogen and oxygen atoms in total. The lowest BCUT2D eigenvalue weighted by atomic mass is 10.2. The largest absolute Gasteiger partial charge is 0.475 e. The lowest BCUT2D eigenvalue weighted by molar-refractivity contribution is 0.100. The lowest BCUT2D eigenvalue weighted by Gasteiger charge is -2.07. The molecule has 0 saturated heterocycles. The fourth-order valence-corrected chi connectivity index (χ4v) is 2.51. The summed E-state index contributed by atoms with van der Waals surface area (Å²) in [4.78, 5) is 7.72. The Labute approximate surface area is 139 Å². The van der Waals surface area contributed by atoms with Gasteiger partial charge in [0.15, 0.2) is 0 Å². The topological polar surface area (TPSA) is 85.2 Å². The summed E-state index contributed by atoms with van der Waals surface area (Å²) in [5.41, 5.74) is 8.24. The zero-order chi connectivity index (χ0) is 16.8. The zero-order valence-corrected chi connectivity index (χ0v) is 13.3. The van der Waals surface area contributed by atoms with Crippen molar-refractivity contribution in [3.8, 4) is 5.88 Å². The van der Waals surface area contributed by atoms with E-state index in [4.69, 9.17) is 15.2 Å². The monoisotopic (exact) mass is 332 g/mol. The first-order chi connectivity index (χ1) is 11.8. The number of nitrogens with two attached hydrogens (primary N) is 1. The molecular weight excluding hydrogens is 311 g/mol. The van der Waals surface area contributed by atoms with Gasteiger partial charge in [-0.25, -0.2) is 4.39 Å². The number of halogens is 1. The average Bonchev–Trinajstić information content (AvgIpc) is 2.93. The first-order valence-corrected chi connectivity index (χ1v) is 7.93. The fourth-order valence-electron chi connectivity index (χ4n) is 2.51. The van der Waals surface area contributed by atoms with Gasteiger partial charge < -0.3 is 25.5 Å². The van der Waals surface area contributed by atoms with E-state index in [1.54, 1.807) is 0 Å². The van der Waals surface area contributed by atoms with Crippen LogP contribution in [0, 0.1) is 0 Å². The molecule has 0 saturated carbocycles. The van der Waals surface area contributed by atoms with Crippen molar-refractivity contribution >= 4 is 27.6 Å². The number of fused-ring (bicyclic) bond motifs is 3. The minimum absolute atomic E-state index is 0.361. The highest BCUT2D eigenvalue weighted by atomic mass is 19.1. The maximum absolute atomic E-state index is 11.9. The van der Waals surface area contributed by atoms with E-state index in [1.165, 1.54) is 0 Å². The van der Waals surface area contributed by atoms with Crippen molar-refractivity contribution in [1.29, 1.82) is 0 Å². The number of benzene rings is 1. The quantitative estimate of drug-likeness (QED) is 0.413. The normalized spacial score (nSPS) is 11.4. The Hall–Kier alpha value is -2.38. The number of aromatic amines is 1. The van der Waals surface area contributed by atoms with Crippen molar-refractivity contribution in [3.63, 3.8) is 0 Å². The molecule has 0 aliphatic heterocycles. The standard InChI is InChI=1S/C17H21FN4O2/c18-5-6-20-7-8-23-9-10-24-16-4-3-14-13-2-1-12(19)11-15(13)21-17(14)22-16/h1-4,11,20H,5-10,19H2,(H,21,22). The predicted molar refractivity (Wildman–Crippen MR) is 93.2 cm³/mol. The number of hydrogen-bond acceptors (Lipinski definition) is 5. The minimum Gasteiger partial charge on any atom is -0.475 e. The summed E-state index contributed by atoms with van der Waals surface area (Å²) in [5, 5.41) is 5.03. The third-order valence-electron chi connectivity index (χ3n) is 3.63. The van der Waals surface area contributed by atoms with E-state index >= 15 is 0 Å². The van der Waals surface area contributed by atoms with Gasteiger partial charge in [0.05, 0.1) is 13.2 Å². The molecule has 4 N–H and O–H groups in total. The molecule has 1 aromatic carbocycles. The third-order valence-corrected chi connectivity index (χ3v) is 3.63. The number of anilines is 1. The van der Waals surface area contributed by atoms with Crippen molar-refractivity contribution in [2.75, 3.05) is 45.3 Å². The van der Waals surface area contributed by atoms with Gasteiger partial charge in [-0.05, 0) is 18.2 Å². The van der Waals surface area contributed by atoms with Crippen molar-refractivity contribution < 1.29 is 13.9 Å². The van der Waals surface area contributed by atoms with E-state index in [9.17, 15) is 4.39 Å². The second kappa shape index (κ2) is 7.94. The Balaban J connectivity index is 1.53. The predicted octanol–water partition coefficient (Wildman–Crippen LogP) is 2.25. The summed E-state index contributed by atoms with van der Waals surface area (Å²) in [6.45, 7) is 2.03. The molecular formula is C17H21FN4O2. The molecule has 0 radical (unpaired) electrons. The van der Waals surface area contributed by atoms with Gasteiger partial charge in [-0.15, -0.1) is 0 Å². The van der Waals surface area contributed by atoms with Crippen LogP contribution in [0.25, 0.3) is 21.9 Å². The van der Waals surface area contributed by atoms with E-state index in [0.717, 1.165) is 21.9 Å². The van der Waals surface area contributed by atoms with Crippen LogP contribution < -0.4 is 15.8 Å². The van der Waals surface area contributed by atoms with Crippen molar-refractivity contribution in [1.82, 2.24) is 15.3 Å². The van der Waals surface area contributed by atoms with Gasteiger partial charge in [-0.3, -0.25) is 0 Å². The summed E-state index contributed by atoms with van der Waals surface area (Å²) in [5.74, 6) is 0.543. The second-order valence-electron chi connectivity index (χ2n) is 5.38. The Morgan fingerprint density at radius 2 is 1.96 bits per heavy atom. The summed E-state index contributed by atoms with van der Waals surface area (Å²) in [7, 11) is 0. The van der Waals surface area contributed by atoms with Crippen LogP contribution >= 0.6 is 0 Å². The molecule has 0 unspecified atom stereocenters. The molecule has 2 heterocycles. The van der Waals surface area contributed by atoms with Gasteiger partial charge in [0.2, 0.25) is 5.88 Å². The Morgan fingerprint density at radius 3 is 2.83 bits per heavy atom. The number of pyridine rings is 1. The van der Waals surface area contributed by atoms with Crippen LogP contribution in [-0.4, -0.2) is 49.6 Å². The smallest absolute Gasteiger partial charge is 0.215 e. The molecule has 7 heteroatoms. The molecule has 0 amide bonds. The van der Waals surface area contributed by atoms with Crippen LogP contribution in [-0.2, 0) is 4.74 Å². The number of rotatable bonds is 9. The lowest BCUT2D eigenvalue weighted by Crippen LogP contribution is -2.22. The second-order valence-corrected chi connectivity index (χ2v) is 5.38. The highest BCUT2D eigenvalue weighted by Crippen LogP contribution is 2.27. The Morgan fingerprint density at radius 1 is 1.08 bits per heavy atom. The number of aromatic nitrogens is 2. The average molecular weight is 332 g/mol. The minimum atomic E-state index is -0.363. The first kappa shape index (κ1) is 16.5. The number of alkyl halides is 1. The Bertz CT molecular complexity index is 806. The van der Waals surface area contributed by atoms with E-state index in [2.05, 4.69) is 15.3 Å². The molecule has 0 atom stereocenters. The van der Waals surface area contributed by atoms with E-state index in [1.807, 2.05) is 30.3 Å². The summed E-state index contributed by atoms with van der Waals surface area (Å²) < 4.78 is 22.9. The van der Waals surface area contributed by atoms with Gasteiger partial charge in [-0.1, -0.05) is 6.07 Å². The van der Waals surface area contributed by atoms with Crippen LogP contribution in [0.15, 0.2) is 30.3 Å². The molecule has 0 bridgehead atoms. The Kier molecular flexibility index (Phi) is 5.45. The maximum Gasteiger partial charge on any atom is 0.215 e. The van der Waals surface area contributed by atoms with Crippen LogP contribution in [0.2, 0.25) is 0 Å². The first-order valence-electron chi connectivity index (χ1n) is 7.93. The van der Waals surface area contributed by atoms with Crippen LogP contribution in [0.5, 0.6) is 5.88 Å². The summed E-state index contributed by atoms with van der Waals surface area (Å²) >= 11 is 0. The van der Waals surface area contributed by atoms with Gasteiger partial charge in [0.1, 0.15) is 18.9 Å². The number of nitrogens with zero attached hydrogens (tertiary/aromatic N) is 1. The van der Waals surface area contributed by atoms with Crippen molar-refractivity contribution in [2.24, 2.45) is 0 Å². The number of ether oxygens (including phenoxy) is 2. The molecule has 3 rings (SSSR count). The van der Waals surface area contributed by atoms with Crippen LogP contribution in [0.3, 0.4) is 0 Å². The van der Waals surface area contributed by atoms with E-state index < -0.39 is 0 Å². The summed E-state index contributed by atoms with van der Waals surface area (Å²) in [6, 6.07) is 9.57. The molecule has 128 valence electrons. The van der Waals surface area contributed by atoms with Crippen molar-refractivity contribution in [2.45, 2.75) is 0 Å². The van der Waals surface area contributed by atoms with E-state index in [0.29, 0.717) is 44.5 Å². The molecule has 0 fully saturated rings. The number of nitrogen functional groups attached to an aromatic ring is 1. The molecule has 2 aromatic heterocycles. The summed E-state index contributed by atoms with van der Waals surface area (Å²) in [6.07, 6.45) is 0. The molecule has 24 heavy (non-hydrogen) atoms. The maximum atomic E-state index is 11.9.